The van der Waals surface area contributed by atoms with E-state index in [0.717, 1.165) is 12.3 Å². The molecule has 1 saturated carbocycles. The number of hydrogen-bond donors (Lipinski definition) is 1. The SMILES string of the molecule is Cc1ccccc1COc1ccc(CNC2CCCCCC2)cc1. The number of benzene rings is 2. The second-order valence-electron chi connectivity index (χ2n) is 6.93. The zero-order chi connectivity index (χ0) is 16.6. The summed E-state index contributed by atoms with van der Waals surface area (Å²) >= 11 is 0. The van der Waals surface area contributed by atoms with Gasteiger partial charge < -0.3 is 10.1 Å². The monoisotopic (exact) mass is 323 g/mol. The van der Waals surface area contributed by atoms with Gasteiger partial charge in [-0.05, 0) is 48.6 Å². The molecule has 1 aliphatic rings. The summed E-state index contributed by atoms with van der Waals surface area (Å²) in [7, 11) is 0. The van der Waals surface area contributed by atoms with Gasteiger partial charge in [-0.1, -0.05) is 62.1 Å². The minimum atomic E-state index is 0.631. The fourth-order valence-electron chi connectivity index (χ4n) is 3.38. The maximum Gasteiger partial charge on any atom is 0.119 e. The van der Waals surface area contributed by atoms with Crippen molar-refractivity contribution in [1.29, 1.82) is 0 Å². The number of ether oxygens (including phenoxy) is 1. The van der Waals surface area contributed by atoms with Gasteiger partial charge in [-0.3, -0.25) is 0 Å². The molecule has 2 aromatic rings. The predicted octanol–water partition coefficient (Wildman–Crippen LogP) is 5.39. The molecule has 0 amide bonds. The largest absolute Gasteiger partial charge is 0.489 e. The van der Waals surface area contributed by atoms with E-state index in [0.29, 0.717) is 12.6 Å². The molecule has 0 spiro atoms. The van der Waals surface area contributed by atoms with Gasteiger partial charge in [0.25, 0.3) is 0 Å². The number of rotatable bonds is 6. The highest BCUT2D eigenvalue weighted by atomic mass is 16.5. The van der Waals surface area contributed by atoms with Crippen LogP contribution in [0.5, 0.6) is 5.75 Å². The molecule has 128 valence electrons. The van der Waals surface area contributed by atoms with E-state index in [1.54, 1.807) is 0 Å². The summed E-state index contributed by atoms with van der Waals surface area (Å²) in [5.41, 5.74) is 3.86. The van der Waals surface area contributed by atoms with Crippen LogP contribution in [-0.4, -0.2) is 6.04 Å². The van der Waals surface area contributed by atoms with Gasteiger partial charge in [-0.15, -0.1) is 0 Å². The van der Waals surface area contributed by atoms with Gasteiger partial charge in [-0.25, -0.2) is 0 Å². The van der Waals surface area contributed by atoms with Crippen LogP contribution >= 0.6 is 0 Å². The summed E-state index contributed by atoms with van der Waals surface area (Å²) < 4.78 is 5.92. The normalized spacial score (nSPS) is 15.9. The van der Waals surface area contributed by atoms with Crippen LogP contribution < -0.4 is 10.1 Å². The highest BCUT2D eigenvalue weighted by molar-refractivity contribution is 5.29. The van der Waals surface area contributed by atoms with Gasteiger partial charge in [0.1, 0.15) is 12.4 Å². The number of aryl methyl sites for hydroxylation is 1. The van der Waals surface area contributed by atoms with Crippen molar-refractivity contribution in [2.75, 3.05) is 0 Å². The second-order valence-corrected chi connectivity index (χ2v) is 6.93. The van der Waals surface area contributed by atoms with E-state index in [9.17, 15) is 0 Å². The summed E-state index contributed by atoms with van der Waals surface area (Å²) in [5.74, 6) is 0.941. The Morgan fingerprint density at radius 3 is 2.33 bits per heavy atom. The zero-order valence-corrected chi connectivity index (χ0v) is 14.8. The van der Waals surface area contributed by atoms with Crippen LogP contribution in [0.3, 0.4) is 0 Å². The smallest absolute Gasteiger partial charge is 0.119 e. The molecule has 2 aromatic carbocycles. The quantitative estimate of drug-likeness (QED) is 0.720. The lowest BCUT2D eigenvalue weighted by Crippen LogP contribution is -2.27. The average molecular weight is 323 g/mol. The maximum atomic E-state index is 5.92. The van der Waals surface area contributed by atoms with Gasteiger partial charge in [0, 0.05) is 12.6 Å². The Morgan fingerprint density at radius 2 is 1.62 bits per heavy atom. The summed E-state index contributed by atoms with van der Waals surface area (Å²) in [4.78, 5) is 0. The lowest BCUT2D eigenvalue weighted by molar-refractivity contribution is 0.305. The molecular weight excluding hydrogens is 294 g/mol. The third kappa shape index (κ3) is 5.10. The Balaban J connectivity index is 1.47. The van der Waals surface area contributed by atoms with Crippen LogP contribution in [0.1, 0.15) is 55.2 Å². The van der Waals surface area contributed by atoms with Gasteiger partial charge in [0.2, 0.25) is 0 Å². The van der Waals surface area contributed by atoms with Crippen molar-refractivity contribution in [2.45, 2.75) is 64.6 Å². The Hall–Kier alpha value is -1.80. The van der Waals surface area contributed by atoms with Crippen molar-refractivity contribution in [3.05, 3.63) is 65.2 Å². The Bertz CT molecular complexity index is 612. The predicted molar refractivity (Wildman–Crippen MR) is 100 cm³/mol. The van der Waals surface area contributed by atoms with E-state index in [4.69, 9.17) is 4.74 Å². The van der Waals surface area contributed by atoms with Crippen molar-refractivity contribution in [2.24, 2.45) is 0 Å². The van der Waals surface area contributed by atoms with Crippen LogP contribution in [0.25, 0.3) is 0 Å². The number of nitrogens with one attached hydrogen (secondary N) is 1. The minimum absolute atomic E-state index is 0.631. The van der Waals surface area contributed by atoms with Crippen molar-refractivity contribution < 1.29 is 4.74 Å². The molecule has 3 rings (SSSR count). The van der Waals surface area contributed by atoms with Crippen LogP contribution in [0.2, 0.25) is 0 Å². The third-order valence-electron chi connectivity index (χ3n) is 5.03. The first-order valence-electron chi connectivity index (χ1n) is 9.31. The van der Waals surface area contributed by atoms with E-state index in [1.807, 2.05) is 0 Å². The fourth-order valence-corrected chi connectivity index (χ4v) is 3.38. The third-order valence-corrected chi connectivity index (χ3v) is 5.03. The molecule has 1 aliphatic carbocycles. The molecule has 0 saturated heterocycles. The van der Waals surface area contributed by atoms with Crippen LogP contribution in [-0.2, 0) is 13.2 Å². The van der Waals surface area contributed by atoms with E-state index >= 15 is 0 Å². The standard InChI is InChI=1S/C22H29NO/c1-18-8-6-7-9-20(18)17-24-22-14-12-19(13-15-22)16-23-21-10-4-2-3-5-11-21/h6-9,12-15,21,23H,2-5,10-11,16-17H2,1H3. The molecule has 0 atom stereocenters. The van der Waals surface area contributed by atoms with Crippen molar-refractivity contribution >= 4 is 0 Å². The first-order chi connectivity index (χ1) is 11.8. The summed E-state index contributed by atoms with van der Waals surface area (Å²) in [6, 6.07) is 17.6. The Labute approximate surface area is 146 Å². The van der Waals surface area contributed by atoms with Gasteiger partial charge >= 0.3 is 0 Å². The Kier molecular flexibility index (Phi) is 6.31. The molecule has 1 N–H and O–H groups in total. The van der Waals surface area contributed by atoms with Crippen molar-refractivity contribution in [3.8, 4) is 5.75 Å². The minimum Gasteiger partial charge on any atom is -0.489 e. The molecule has 0 heterocycles. The highest BCUT2D eigenvalue weighted by Gasteiger charge is 2.11. The van der Waals surface area contributed by atoms with E-state index in [1.165, 1.54) is 55.2 Å². The van der Waals surface area contributed by atoms with Crippen molar-refractivity contribution in [1.82, 2.24) is 5.32 Å². The lowest BCUT2D eigenvalue weighted by atomic mass is 10.1. The van der Waals surface area contributed by atoms with Gasteiger partial charge in [0.05, 0.1) is 0 Å². The number of hydrogen-bond acceptors (Lipinski definition) is 2. The van der Waals surface area contributed by atoms with Crippen LogP contribution in [0.15, 0.2) is 48.5 Å². The van der Waals surface area contributed by atoms with E-state index in [2.05, 4.69) is 60.8 Å². The summed E-state index contributed by atoms with van der Waals surface area (Å²) in [6.07, 6.45) is 8.23. The lowest BCUT2D eigenvalue weighted by Gasteiger charge is -2.16. The average Bonchev–Trinajstić information content (AvgIpc) is 2.89. The van der Waals surface area contributed by atoms with Crippen LogP contribution in [0.4, 0.5) is 0 Å². The molecule has 0 radical (unpaired) electrons. The van der Waals surface area contributed by atoms with Crippen LogP contribution in [0, 0.1) is 6.92 Å². The second kappa shape index (κ2) is 8.89. The fraction of sp³-hybridized carbons (Fsp3) is 0.455. The molecule has 0 aromatic heterocycles. The molecule has 2 heteroatoms. The highest BCUT2D eigenvalue weighted by Crippen LogP contribution is 2.19. The molecule has 2 nitrogen and oxygen atoms in total. The molecule has 0 unspecified atom stereocenters. The molecular formula is C22H29NO. The molecule has 0 aliphatic heterocycles. The Morgan fingerprint density at radius 1 is 0.917 bits per heavy atom. The molecule has 1 fully saturated rings. The van der Waals surface area contributed by atoms with Gasteiger partial charge in [0.15, 0.2) is 0 Å². The van der Waals surface area contributed by atoms with Crippen molar-refractivity contribution in [3.63, 3.8) is 0 Å². The maximum absolute atomic E-state index is 5.92. The zero-order valence-electron chi connectivity index (χ0n) is 14.8. The molecule has 24 heavy (non-hydrogen) atoms. The summed E-state index contributed by atoms with van der Waals surface area (Å²) in [6.45, 7) is 3.72. The first-order valence-corrected chi connectivity index (χ1v) is 9.31. The summed E-state index contributed by atoms with van der Waals surface area (Å²) in [5, 5.41) is 3.72. The first kappa shape index (κ1) is 17.0. The van der Waals surface area contributed by atoms with E-state index < -0.39 is 0 Å². The molecule has 0 bridgehead atoms. The topological polar surface area (TPSA) is 21.3 Å². The van der Waals surface area contributed by atoms with Gasteiger partial charge in [-0.2, -0.15) is 0 Å². The van der Waals surface area contributed by atoms with E-state index in [-0.39, 0.29) is 0 Å².